The van der Waals surface area contributed by atoms with Gasteiger partial charge in [-0.15, -0.1) is 0 Å². The summed E-state index contributed by atoms with van der Waals surface area (Å²) in [5.74, 6) is -0.203. The van der Waals surface area contributed by atoms with E-state index in [1.807, 2.05) is 12.1 Å². The SMILES string of the molecule is CNC(=S)N/N=C/c1cccc(NC(=O)c2ccc(Cl)cc2)c1. The zero-order valence-electron chi connectivity index (χ0n) is 12.3. The average molecular weight is 347 g/mol. The van der Waals surface area contributed by atoms with Gasteiger partial charge in [0.15, 0.2) is 5.11 Å². The molecule has 0 fully saturated rings. The number of hydrogen-bond acceptors (Lipinski definition) is 3. The van der Waals surface area contributed by atoms with E-state index in [1.54, 1.807) is 49.7 Å². The number of thiocarbonyl (C=S) groups is 1. The van der Waals surface area contributed by atoms with Gasteiger partial charge in [0.05, 0.1) is 6.21 Å². The molecule has 2 aromatic carbocycles. The van der Waals surface area contributed by atoms with E-state index in [4.69, 9.17) is 23.8 Å². The second-order valence-corrected chi connectivity index (χ2v) is 5.38. The summed E-state index contributed by atoms with van der Waals surface area (Å²) in [4.78, 5) is 12.2. The number of carbonyl (C=O) groups excluding carboxylic acids is 1. The molecule has 7 heteroatoms. The maximum atomic E-state index is 12.2. The minimum Gasteiger partial charge on any atom is -0.364 e. The second-order valence-electron chi connectivity index (χ2n) is 4.54. The molecular weight excluding hydrogens is 332 g/mol. The molecular formula is C16H15ClN4OS. The van der Waals surface area contributed by atoms with Crippen LogP contribution >= 0.6 is 23.8 Å². The highest BCUT2D eigenvalue weighted by Crippen LogP contribution is 2.13. The standard InChI is InChI=1S/C16H15ClN4OS/c1-18-16(23)21-19-10-11-3-2-4-14(9-11)20-15(22)12-5-7-13(17)8-6-12/h2-10H,1H3,(H,20,22)(H2,18,21,23)/b19-10+. The number of benzene rings is 2. The Morgan fingerprint density at radius 1 is 1.22 bits per heavy atom. The van der Waals surface area contributed by atoms with Crippen molar-refractivity contribution < 1.29 is 4.79 Å². The van der Waals surface area contributed by atoms with Gasteiger partial charge in [-0.3, -0.25) is 10.2 Å². The van der Waals surface area contributed by atoms with Crippen molar-refractivity contribution in [3.63, 3.8) is 0 Å². The summed E-state index contributed by atoms with van der Waals surface area (Å²) in [6, 6.07) is 14.0. The fourth-order valence-electron chi connectivity index (χ4n) is 1.72. The number of carbonyl (C=O) groups is 1. The van der Waals surface area contributed by atoms with Gasteiger partial charge in [0, 0.05) is 23.3 Å². The first-order valence-corrected chi connectivity index (χ1v) is 7.55. The third-order valence-corrected chi connectivity index (χ3v) is 3.41. The van der Waals surface area contributed by atoms with Gasteiger partial charge < -0.3 is 10.6 Å². The van der Waals surface area contributed by atoms with Gasteiger partial charge in [-0.05, 0) is 54.2 Å². The Kier molecular flexibility index (Phi) is 6.08. The summed E-state index contributed by atoms with van der Waals surface area (Å²) in [7, 11) is 1.71. The van der Waals surface area contributed by atoms with Crippen molar-refractivity contribution in [3.8, 4) is 0 Å². The van der Waals surface area contributed by atoms with Crippen molar-refractivity contribution >= 4 is 46.7 Å². The maximum absolute atomic E-state index is 12.2. The number of rotatable bonds is 4. The minimum atomic E-state index is -0.203. The number of anilines is 1. The molecule has 0 aliphatic heterocycles. The quantitative estimate of drug-likeness (QED) is 0.452. The van der Waals surface area contributed by atoms with Crippen LogP contribution in [0, 0.1) is 0 Å². The van der Waals surface area contributed by atoms with E-state index >= 15 is 0 Å². The fourth-order valence-corrected chi connectivity index (χ4v) is 1.90. The van der Waals surface area contributed by atoms with Crippen LogP contribution in [0.2, 0.25) is 5.02 Å². The molecule has 0 saturated heterocycles. The number of amides is 1. The number of nitrogens with one attached hydrogen (secondary N) is 3. The molecule has 5 nitrogen and oxygen atoms in total. The first-order valence-electron chi connectivity index (χ1n) is 6.76. The van der Waals surface area contributed by atoms with Gasteiger partial charge in [0.2, 0.25) is 0 Å². The molecule has 0 saturated carbocycles. The van der Waals surface area contributed by atoms with E-state index in [2.05, 4.69) is 21.2 Å². The van der Waals surface area contributed by atoms with Gasteiger partial charge >= 0.3 is 0 Å². The predicted octanol–water partition coefficient (Wildman–Crippen LogP) is 3.02. The molecule has 0 bridgehead atoms. The molecule has 0 heterocycles. The number of hydrogen-bond donors (Lipinski definition) is 3. The van der Waals surface area contributed by atoms with E-state index in [0.717, 1.165) is 5.56 Å². The number of halogens is 1. The highest BCUT2D eigenvalue weighted by atomic mass is 35.5. The third kappa shape index (κ3) is 5.36. The van der Waals surface area contributed by atoms with E-state index in [0.29, 0.717) is 21.4 Å². The molecule has 0 aliphatic carbocycles. The molecule has 0 unspecified atom stereocenters. The van der Waals surface area contributed by atoms with Crippen molar-refractivity contribution in [1.29, 1.82) is 0 Å². The first kappa shape index (κ1) is 16.9. The Balaban J connectivity index is 2.03. The smallest absolute Gasteiger partial charge is 0.255 e. The monoisotopic (exact) mass is 346 g/mol. The summed E-state index contributed by atoms with van der Waals surface area (Å²) in [6.45, 7) is 0. The number of hydrazone groups is 1. The maximum Gasteiger partial charge on any atom is 0.255 e. The normalized spacial score (nSPS) is 10.3. The zero-order valence-corrected chi connectivity index (χ0v) is 13.9. The van der Waals surface area contributed by atoms with E-state index in [9.17, 15) is 4.79 Å². The van der Waals surface area contributed by atoms with Crippen LogP contribution in [-0.2, 0) is 0 Å². The fraction of sp³-hybridized carbons (Fsp3) is 0.0625. The van der Waals surface area contributed by atoms with Gasteiger partial charge in [-0.2, -0.15) is 5.10 Å². The molecule has 2 aromatic rings. The molecule has 3 N–H and O–H groups in total. The number of nitrogens with zero attached hydrogens (tertiary/aromatic N) is 1. The van der Waals surface area contributed by atoms with Crippen molar-refractivity contribution in [1.82, 2.24) is 10.7 Å². The summed E-state index contributed by atoms with van der Waals surface area (Å²) in [5.41, 5.74) is 4.69. The second kappa shape index (κ2) is 8.26. The zero-order chi connectivity index (χ0) is 16.7. The molecule has 0 radical (unpaired) electrons. The van der Waals surface area contributed by atoms with Crippen molar-refractivity contribution in [2.75, 3.05) is 12.4 Å². The minimum absolute atomic E-state index is 0.203. The van der Waals surface area contributed by atoms with Gasteiger partial charge in [0.1, 0.15) is 0 Å². The van der Waals surface area contributed by atoms with Crippen LogP contribution in [0.3, 0.4) is 0 Å². The Labute approximate surface area is 144 Å². The van der Waals surface area contributed by atoms with Crippen LogP contribution in [0.4, 0.5) is 5.69 Å². The lowest BCUT2D eigenvalue weighted by atomic mass is 10.2. The lowest BCUT2D eigenvalue weighted by molar-refractivity contribution is 0.102. The summed E-state index contributed by atoms with van der Waals surface area (Å²) in [5, 5.41) is 10.6. The Morgan fingerprint density at radius 2 is 1.96 bits per heavy atom. The van der Waals surface area contributed by atoms with Crippen LogP contribution in [0.1, 0.15) is 15.9 Å². The van der Waals surface area contributed by atoms with Crippen LogP contribution < -0.4 is 16.1 Å². The van der Waals surface area contributed by atoms with Crippen LogP contribution in [0.15, 0.2) is 53.6 Å². The summed E-state index contributed by atoms with van der Waals surface area (Å²) in [6.07, 6.45) is 1.61. The summed E-state index contributed by atoms with van der Waals surface area (Å²) >= 11 is 10.7. The molecule has 0 aromatic heterocycles. The summed E-state index contributed by atoms with van der Waals surface area (Å²) < 4.78 is 0. The largest absolute Gasteiger partial charge is 0.364 e. The van der Waals surface area contributed by atoms with E-state index in [-0.39, 0.29) is 5.91 Å². The Morgan fingerprint density at radius 3 is 2.65 bits per heavy atom. The highest BCUT2D eigenvalue weighted by Gasteiger charge is 2.05. The lowest BCUT2D eigenvalue weighted by Crippen LogP contribution is -2.28. The molecule has 118 valence electrons. The van der Waals surface area contributed by atoms with Gasteiger partial charge in [-0.25, -0.2) is 0 Å². The average Bonchev–Trinajstić information content (AvgIpc) is 2.55. The van der Waals surface area contributed by atoms with Crippen LogP contribution in [0.25, 0.3) is 0 Å². The molecule has 1 amide bonds. The van der Waals surface area contributed by atoms with Crippen LogP contribution in [0.5, 0.6) is 0 Å². The van der Waals surface area contributed by atoms with E-state index < -0.39 is 0 Å². The lowest BCUT2D eigenvalue weighted by Gasteiger charge is -2.06. The van der Waals surface area contributed by atoms with E-state index in [1.165, 1.54) is 0 Å². The molecule has 2 rings (SSSR count). The van der Waals surface area contributed by atoms with Gasteiger partial charge in [0.25, 0.3) is 5.91 Å². The molecule has 0 spiro atoms. The molecule has 0 atom stereocenters. The van der Waals surface area contributed by atoms with Crippen molar-refractivity contribution in [2.45, 2.75) is 0 Å². The predicted molar refractivity (Wildman–Crippen MR) is 98.2 cm³/mol. The Bertz CT molecular complexity index is 731. The highest BCUT2D eigenvalue weighted by molar-refractivity contribution is 7.80. The van der Waals surface area contributed by atoms with Gasteiger partial charge in [-0.1, -0.05) is 23.7 Å². The molecule has 23 heavy (non-hydrogen) atoms. The van der Waals surface area contributed by atoms with Crippen LogP contribution in [-0.4, -0.2) is 24.3 Å². The van der Waals surface area contributed by atoms with Crippen molar-refractivity contribution in [3.05, 3.63) is 64.7 Å². The third-order valence-electron chi connectivity index (χ3n) is 2.86. The first-order chi connectivity index (χ1) is 11.1. The Hall–Kier alpha value is -2.44. The molecule has 0 aliphatic rings. The van der Waals surface area contributed by atoms with Crippen molar-refractivity contribution in [2.24, 2.45) is 5.10 Å². The topological polar surface area (TPSA) is 65.5 Å².